The SMILES string of the molecule is Cc1c(-c2cccc(NC(=O)c3ccc(Br)cc3)c2)nc2ncccn12. The number of imidazole rings is 1. The highest BCUT2D eigenvalue weighted by atomic mass is 79.9. The zero-order valence-electron chi connectivity index (χ0n) is 14.0. The van der Waals surface area contributed by atoms with Crippen molar-refractivity contribution in [3.05, 3.63) is 82.7 Å². The fourth-order valence-corrected chi connectivity index (χ4v) is 3.09. The van der Waals surface area contributed by atoms with E-state index in [9.17, 15) is 4.79 Å². The molecule has 0 atom stereocenters. The fourth-order valence-electron chi connectivity index (χ4n) is 2.82. The van der Waals surface area contributed by atoms with E-state index in [2.05, 4.69) is 31.2 Å². The van der Waals surface area contributed by atoms with Crippen molar-refractivity contribution in [3.8, 4) is 11.3 Å². The molecule has 0 fully saturated rings. The summed E-state index contributed by atoms with van der Waals surface area (Å²) in [5.74, 6) is 0.507. The largest absolute Gasteiger partial charge is 0.322 e. The van der Waals surface area contributed by atoms with Crippen LogP contribution in [0.3, 0.4) is 0 Å². The first-order chi connectivity index (χ1) is 12.6. The van der Waals surface area contributed by atoms with Crippen molar-refractivity contribution >= 4 is 33.3 Å². The second-order valence-electron chi connectivity index (χ2n) is 5.88. The zero-order chi connectivity index (χ0) is 18.1. The number of aromatic nitrogens is 3. The number of halogens is 1. The Kier molecular flexibility index (Phi) is 4.26. The van der Waals surface area contributed by atoms with Gasteiger partial charge >= 0.3 is 0 Å². The Morgan fingerprint density at radius 3 is 2.69 bits per heavy atom. The number of hydrogen-bond donors (Lipinski definition) is 1. The minimum atomic E-state index is -0.150. The first kappa shape index (κ1) is 16.5. The lowest BCUT2D eigenvalue weighted by Crippen LogP contribution is -2.11. The van der Waals surface area contributed by atoms with Gasteiger partial charge in [0.1, 0.15) is 0 Å². The summed E-state index contributed by atoms with van der Waals surface area (Å²) in [7, 11) is 0. The van der Waals surface area contributed by atoms with Crippen LogP contribution in [0.1, 0.15) is 16.1 Å². The van der Waals surface area contributed by atoms with Crippen LogP contribution in [0.25, 0.3) is 17.0 Å². The molecule has 0 radical (unpaired) electrons. The predicted octanol–water partition coefficient (Wildman–Crippen LogP) is 4.72. The van der Waals surface area contributed by atoms with Gasteiger partial charge in [0.05, 0.1) is 5.69 Å². The molecular formula is C20H15BrN4O. The highest BCUT2D eigenvalue weighted by molar-refractivity contribution is 9.10. The molecular weight excluding hydrogens is 392 g/mol. The predicted molar refractivity (Wildman–Crippen MR) is 105 cm³/mol. The Balaban J connectivity index is 1.65. The molecule has 5 nitrogen and oxygen atoms in total. The normalized spacial score (nSPS) is 10.8. The molecule has 0 saturated heterocycles. The first-order valence-corrected chi connectivity index (χ1v) is 8.88. The van der Waals surface area contributed by atoms with E-state index in [-0.39, 0.29) is 5.91 Å². The molecule has 2 aromatic heterocycles. The average Bonchev–Trinajstić information content (AvgIpc) is 3.00. The fraction of sp³-hybridized carbons (Fsp3) is 0.0500. The van der Waals surface area contributed by atoms with Crippen LogP contribution >= 0.6 is 15.9 Å². The molecule has 0 saturated carbocycles. The maximum Gasteiger partial charge on any atom is 0.255 e. The number of amides is 1. The third kappa shape index (κ3) is 3.11. The summed E-state index contributed by atoms with van der Waals surface area (Å²) in [4.78, 5) is 21.3. The molecule has 4 aromatic rings. The molecule has 2 aromatic carbocycles. The number of aryl methyl sites for hydroxylation is 1. The van der Waals surface area contributed by atoms with Crippen LogP contribution in [0, 0.1) is 6.92 Å². The van der Waals surface area contributed by atoms with Gasteiger partial charge in [-0.05, 0) is 49.4 Å². The van der Waals surface area contributed by atoms with Crippen molar-refractivity contribution in [2.45, 2.75) is 6.92 Å². The number of fused-ring (bicyclic) bond motifs is 1. The third-order valence-corrected chi connectivity index (χ3v) is 4.67. The average molecular weight is 407 g/mol. The Hall–Kier alpha value is -2.99. The number of benzene rings is 2. The van der Waals surface area contributed by atoms with E-state index in [0.717, 1.165) is 27.1 Å². The van der Waals surface area contributed by atoms with E-state index >= 15 is 0 Å². The Bertz CT molecular complexity index is 1100. The lowest BCUT2D eigenvalue weighted by Gasteiger charge is -2.07. The molecule has 1 amide bonds. The van der Waals surface area contributed by atoms with Gasteiger partial charge in [0.2, 0.25) is 5.78 Å². The molecule has 6 heteroatoms. The van der Waals surface area contributed by atoms with Crippen molar-refractivity contribution < 1.29 is 4.79 Å². The summed E-state index contributed by atoms with van der Waals surface area (Å²) in [5.41, 5.74) is 4.11. The molecule has 26 heavy (non-hydrogen) atoms. The summed E-state index contributed by atoms with van der Waals surface area (Å²) in [6, 6.07) is 16.8. The number of rotatable bonds is 3. The third-order valence-electron chi connectivity index (χ3n) is 4.14. The van der Waals surface area contributed by atoms with Gasteiger partial charge in [-0.25, -0.2) is 9.97 Å². The summed E-state index contributed by atoms with van der Waals surface area (Å²) >= 11 is 3.37. The molecule has 128 valence electrons. The number of anilines is 1. The van der Waals surface area contributed by atoms with Gasteiger partial charge < -0.3 is 5.32 Å². The molecule has 0 aliphatic carbocycles. The molecule has 0 unspecified atom stereocenters. The van der Waals surface area contributed by atoms with E-state index in [4.69, 9.17) is 0 Å². The van der Waals surface area contributed by atoms with Crippen LogP contribution in [0.4, 0.5) is 5.69 Å². The van der Waals surface area contributed by atoms with Gasteiger partial charge in [0, 0.05) is 39.4 Å². The molecule has 1 N–H and O–H groups in total. The summed E-state index contributed by atoms with van der Waals surface area (Å²) < 4.78 is 2.88. The second-order valence-corrected chi connectivity index (χ2v) is 6.79. The first-order valence-electron chi connectivity index (χ1n) is 8.09. The Morgan fingerprint density at radius 2 is 1.92 bits per heavy atom. The highest BCUT2D eigenvalue weighted by Gasteiger charge is 2.12. The van der Waals surface area contributed by atoms with Crippen LogP contribution in [0.15, 0.2) is 71.5 Å². The molecule has 0 aliphatic heterocycles. The second kappa shape index (κ2) is 6.72. The van der Waals surface area contributed by atoms with Gasteiger partial charge in [0.15, 0.2) is 0 Å². The van der Waals surface area contributed by atoms with Crippen LogP contribution in [0.2, 0.25) is 0 Å². The quantitative estimate of drug-likeness (QED) is 0.535. The van der Waals surface area contributed by atoms with Gasteiger partial charge in [-0.2, -0.15) is 0 Å². The molecule has 4 rings (SSSR count). The van der Waals surface area contributed by atoms with Crippen molar-refractivity contribution in [3.63, 3.8) is 0 Å². The van der Waals surface area contributed by atoms with E-state index < -0.39 is 0 Å². The highest BCUT2D eigenvalue weighted by Crippen LogP contribution is 2.26. The van der Waals surface area contributed by atoms with Crippen molar-refractivity contribution in [2.75, 3.05) is 5.32 Å². The van der Waals surface area contributed by atoms with E-state index in [1.807, 2.05) is 60.0 Å². The molecule has 0 bridgehead atoms. The summed E-state index contributed by atoms with van der Waals surface area (Å²) in [5, 5.41) is 2.94. The Morgan fingerprint density at radius 1 is 1.12 bits per heavy atom. The number of carbonyl (C=O) groups is 1. The number of hydrogen-bond acceptors (Lipinski definition) is 3. The molecule has 2 heterocycles. The van der Waals surface area contributed by atoms with Gasteiger partial charge in [-0.15, -0.1) is 0 Å². The van der Waals surface area contributed by atoms with Crippen molar-refractivity contribution in [1.29, 1.82) is 0 Å². The lowest BCUT2D eigenvalue weighted by atomic mass is 10.1. The number of nitrogens with zero attached hydrogens (tertiary/aromatic N) is 3. The maximum atomic E-state index is 12.4. The van der Waals surface area contributed by atoms with E-state index in [1.54, 1.807) is 18.3 Å². The zero-order valence-corrected chi connectivity index (χ0v) is 15.6. The van der Waals surface area contributed by atoms with Gasteiger partial charge in [-0.3, -0.25) is 9.20 Å². The monoisotopic (exact) mass is 406 g/mol. The number of carbonyl (C=O) groups excluding carboxylic acids is 1. The van der Waals surface area contributed by atoms with Crippen molar-refractivity contribution in [2.24, 2.45) is 0 Å². The smallest absolute Gasteiger partial charge is 0.255 e. The summed E-state index contributed by atoms with van der Waals surface area (Å²) in [6.45, 7) is 2.00. The van der Waals surface area contributed by atoms with Crippen LogP contribution in [0.5, 0.6) is 0 Å². The standard InChI is InChI=1S/C20H15BrN4O/c1-13-18(24-20-22-10-3-11-25(13)20)15-4-2-5-17(12-15)23-19(26)14-6-8-16(21)9-7-14/h2-12H,1H3,(H,23,26). The lowest BCUT2D eigenvalue weighted by molar-refractivity contribution is 0.102. The minimum absolute atomic E-state index is 0.150. The Labute approximate surface area is 158 Å². The van der Waals surface area contributed by atoms with Crippen molar-refractivity contribution in [1.82, 2.24) is 14.4 Å². The van der Waals surface area contributed by atoms with Gasteiger partial charge in [-0.1, -0.05) is 28.1 Å². The van der Waals surface area contributed by atoms with E-state index in [0.29, 0.717) is 11.3 Å². The van der Waals surface area contributed by atoms with Gasteiger partial charge in [0.25, 0.3) is 5.91 Å². The minimum Gasteiger partial charge on any atom is -0.322 e. The summed E-state index contributed by atoms with van der Waals surface area (Å²) in [6.07, 6.45) is 3.66. The molecule has 0 spiro atoms. The topological polar surface area (TPSA) is 59.3 Å². The van der Waals surface area contributed by atoms with Crippen LogP contribution < -0.4 is 5.32 Å². The van der Waals surface area contributed by atoms with Crippen LogP contribution in [-0.2, 0) is 0 Å². The van der Waals surface area contributed by atoms with E-state index in [1.165, 1.54) is 0 Å². The van der Waals surface area contributed by atoms with Crippen LogP contribution in [-0.4, -0.2) is 20.3 Å². The molecule has 0 aliphatic rings. The number of nitrogens with one attached hydrogen (secondary N) is 1. The maximum absolute atomic E-state index is 12.4.